The molecule has 0 aliphatic heterocycles. The van der Waals surface area contributed by atoms with Crippen LogP contribution in [0.4, 0.5) is 17.1 Å². The Labute approximate surface area is 159 Å². The van der Waals surface area contributed by atoms with Gasteiger partial charge in [-0.15, -0.1) is 0 Å². The van der Waals surface area contributed by atoms with Crippen molar-refractivity contribution < 1.29 is 9.53 Å². The maximum atomic E-state index is 12.5. The first kappa shape index (κ1) is 18.5. The van der Waals surface area contributed by atoms with Crippen molar-refractivity contribution in [3.63, 3.8) is 0 Å². The average Bonchev–Trinajstić information content (AvgIpc) is 2.65. The van der Waals surface area contributed by atoms with Crippen molar-refractivity contribution in [1.82, 2.24) is 4.98 Å². The standard InChI is InChI=1S/C22H23N3O2/c1-14-11-15(2)21(16(3)12-14)24-18-9-10-23-20(13-18)22(26)25-17-5-7-19(27-4)8-6-17/h5-13H,1-4H3,(H,23,24)(H,25,26). The van der Waals surface area contributed by atoms with Gasteiger partial charge in [0.1, 0.15) is 11.4 Å². The van der Waals surface area contributed by atoms with Crippen LogP contribution in [0.2, 0.25) is 0 Å². The first-order valence-corrected chi connectivity index (χ1v) is 8.72. The van der Waals surface area contributed by atoms with Crippen molar-refractivity contribution in [2.75, 3.05) is 17.7 Å². The van der Waals surface area contributed by atoms with Crippen LogP contribution in [0.25, 0.3) is 0 Å². The third kappa shape index (κ3) is 4.44. The lowest BCUT2D eigenvalue weighted by Gasteiger charge is -2.14. The van der Waals surface area contributed by atoms with Gasteiger partial charge in [0.05, 0.1) is 7.11 Å². The Hall–Kier alpha value is -3.34. The van der Waals surface area contributed by atoms with Gasteiger partial charge in [-0.3, -0.25) is 9.78 Å². The first-order chi connectivity index (χ1) is 13.0. The number of pyridine rings is 1. The summed E-state index contributed by atoms with van der Waals surface area (Å²) in [5.41, 5.74) is 6.45. The van der Waals surface area contributed by atoms with Crippen LogP contribution in [0.1, 0.15) is 27.2 Å². The molecule has 2 aromatic carbocycles. The van der Waals surface area contributed by atoms with E-state index in [2.05, 4.69) is 48.5 Å². The van der Waals surface area contributed by atoms with E-state index in [1.54, 1.807) is 43.6 Å². The maximum Gasteiger partial charge on any atom is 0.274 e. The van der Waals surface area contributed by atoms with Crippen LogP contribution in [0.5, 0.6) is 5.75 Å². The highest BCUT2D eigenvalue weighted by molar-refractivity contribution is 6.03. The molecule has 0 radical (unpaired) electrons. The number of benzene rings is 2. The number of nitrogens with one attached hydrogen (secondary N) is 2. The molecular weight excluding hydrogens is 338 g/mol. The van der Waals surface area contributed by atoms with E-state index in [1.165, 1.54) is 5.56 Å². The minimum absolute atomic E-state index is 0.263. The fourth-order valence-electron chi connectivity index (χ4n) is 3.02. The van der Waals surface area contributed by atoms with Crippen LogP contribution in [-0.2, 0) is 0 Å². The van der Waals surface area contributed by atoms with Gasteiger partial charge < -0.3 is 15.4 Å². The smallest absolute Gasteiger partial charge is 0.274 e. The van der Waals surface area contributed by atoms with Crippen molar-refractivity contribution in [2.24, 2.45) is 0 Å². The molecule has 1 amide bonds. The van der Waals surface area contributed by atoms with Gasteiger partial charge in [0, 0.05) is 23.3 Å². The molecule has 3 aromatic rings. The topological polar surface area (TPSA) is 63.2 Å². The minimum Gasteiger partial charge on any atom is -0.497 e. The highest BCUT2D eigenvalue weighted by Crippen LogP contribution is 2.26. The summed E-state index contributed by atoms with van der Waals surface area (Å²) in [5.74, 6) is 0.474. The van der Waals surface area contributed by atoms with Gasteiger partial charge in [0.2, 0.25) is 0 Å². The predicted molar refractivity (Wildman–Crippen MR) is 109 cm³/mol. The van der Waals surface area contributed by atoms with Crippen molar-refractivity contribution in [2.45, 2.75) is 20.8 Å². The summed E-state index contributed by atoms with van der Waals surface area (Å²) in [7, 11) is 1.60. The number of carbonyl (C=O) groups is 1. The molecule has 0 unspecified atom stereocenters. The lowest BCUT2D eigenvalue weighted by atomic mass is 10.0. The zero-order chi connectivity index (χ0) is 19.4. The molecule has 0 fully saturated rings. The van der Waals surface area contributed by atoms with Gasteiger partial charge in [0.15, 0.2) is 0 Å². The van der Waals surface area contributed by atoms with Crippen LogP contribution < -0.4 is 15.4 Å². The Kier molecular flexibility index (Phi) is 5.41. The predicted octanol–water partition coefficient (Wildman–Crippen LogP) is 5.01. The minimum atomic E-state index is -0.263. The number of nitrogens with zero attached hydrogens (tertiary/aromatic N) is 1. The fraction of sp³-hybridized carbons (Fsp3) is 0.182. The lowest BCUT2D eigenvalue weighted by molar-refractivity contribution is 0.102. The summed E-state index contributed by atoms with van der Waals surface area (Å²) in [6.07, 6.45) is 1.63. The number of amides is 1. The highest BCUT2D eigenvalue weighted by atomic mass is 16.5. The van der Waals surface area contributed by atoms with E-state index in [1.807, 2.05) is 6.07 Å². The molecule has 1 aromatic heterocycles. The summed E-state index contributed by atoms with van der Waals surface area (Å²) in [5, 5.41) is 6.25. The molecule has 0 aliphatic carbocycles. The molecule has 0 bridgehead atoms. The Morgan fingerprint density at radius 1 is 0.926 bits per heavy atom. The first-order valence-electron chi connectivity index (χ1n) is 8.72. The third-order valence-electron chi connectivity index (χ3n) is 4.29. The quantitative estimate of drug-likeness (QED) is 0.670. The molecule has 27 heavy (non-hydrogen) atoms. The molecule has 3 rings (SSSR count). The number of anilines is 3. The molecule has 5 nitrogen and oxygen atoms in total. The second-order valence-electron chi connectivity index (χ2n) is 6.51. The van der Waals surface area contributed by atoms with Crippen LogP contribution in [0.15, 0.2) is 54.7 Å². The zero-order valence-corrected chi connectivity index (χ0v) is 16.0. The summed E-state index contributed by atoms with van der Waals surface area (Å²) < 4.78 is 5.12. The molecule has 0 atom stereocenters. The van der Waals surface area contributed by atoms with Gasteiger partial charge >= 0.3 is 0 Å². The average molecular weight is 361 g/mol. The van der Waals surface area contributed by atoms with Gasteiger partial charge in [-0.05, 0) is 68.3 Å². The van der Waals surface area contributed by atoms with Crippen molar-refractivity contribution in [3.05, 3.63) is 77.1 Å². The van der Waals surface area contributed by atoms with Crippen molar-refractivity contribution in [1.29, 1.82) is 0 Å². The number of aryl methyl sites for hydroxylation is 3. The Morgan fingerprint density at radius 2 is 1.59 bits per heavy atom. The van der Waals surface area contributed by atoms with Crippen LogP contribution in [0.3, 0.4) is 0 Å². The zero-order valence-electron chi connectivity index (χ0n) is 16.0. The van der Waals surface area contributed by atoms with Crippen molar-refractivity contribution in [3.8, 4) is 5.75 Å². The SMILES string of the molecule is COc1ccc(NC(=O)c2cc(Nc3c(C)cc(C)cc3C)ccn2)cc1. The maximum absolute atomic E-state index is 12.5. The summed E-state index contributed by atoms with van der Waals surface area (Å²) >= 11 is 0. The van der Waals surface area contributed by atoms with E-state index in [-0.39, 0.29) is 5.91 Å². The Morgan fingerprint density at radius 3 is 2.22 bits per heavy atom. The summed E-state index contributed by atoms with van der Waals surface area (Å²) in [6, 6.07) is 15.0. The molecule has 5 heteroatoms. The third-order valence-corrected chi connectivity index (χ3v) is 4.29. The molecule has 0 aliphatic rings. The summed E-state index contributed by atoms with van der Waals surface area (Å²) in [6.45, 7) is 6.22. The van der Waals surface area contributed by atoms with Gasteiger partial charge in [0.25, 0.3) is 5.91 Å². The van der Waals surface area contributed by atoms with Gasteiger partial charge in [-0.2, -0.15) is 0 Å². The van der Waals surface area contributed by atoms with Crippen LogP contribution in [0, 0.1) is 20.8 Å². The van der Waals surface area contributed by atoms with Gasteiger partial charge in [-0.25, -0.2) is 0 Å². The van der Waals surface area contributed by atoms with E-state index in [0.717, 1.165) is 28.3 Å². The number of hydrogen-bond donors (Lipinski definition) is 2. The molecule has 138 valence electrons. The highest BCUT2D eigenvalue weighted by Gasteiger charge is 2.10. The normalized spacial score (nSPS) is 10.4. The molecule has 0 saturated carbocycles. The second kappa shape index (κ2) is 7.91. The molecular formula is C22H23N3O2. The lowest BCUT2D eigenvalue weighted by Crippen LogP contribution is -2.13. The van der Waals surface area contributed by atoms with Crippen LogP contribution in [-0.4, -0.2) is 18.0 Å². The second-order valence-corrected chi connectivity index (χ2v) is 6.51. The number of carbonyl (C=O) groups excluding carboxylic acids is 1. The van der Waals surface area contributed by atoms with Crippen molar-refractivity contribution >= 4 is 23.0 Å². The number of aromatic nitrogens is 1. The number of methoxy groups -OCH3 is 1. The van der Waals surface area contributed by atoms with Gasteiger partial charge in [-0.1, -0.05) is 17.7 Å². The molecule has 0 spiro atoms. The fourth-order valence-corrected chi connectivity index (χ4v) is 3.02. The van der Waals surface area contributed by atoms with E-state index in [0.29, 0.717) is 11.4 Å². The number of ether oxygens (including phenoxy) is 1. The van der Waals surface area contributed by atoms with Crippen LogP contribution >= 0.6 is 0 Å². The Balaban J connectivity index is 1.77. The molecule has 1 heterocycles. The van der Waals surface area contributed by atoms with E-state index in [4.69, 9.17) is 4.74 Å². The largest absolute Gasteiger partial charge is 0.497 e. The van der Waals surface area contributed by atoms with E-state index >= 15 is 0 Å². The van der Waals surface area contributed by atoms with E-state index < -0.39 is 0 Å². The summed E-state index contributed by atoms with van der Waals surface area (Å²) in [4.78, 5) is 16.7. The molecule has 0 saturated heterocycles. The Bertz CT molecular complexity index is 943. The van der Waals surface area contributed by atoms with E-state index in [9.17, 15) is 4.79 Å². The molecule has 2 N–H and O–H groups in total. The monoisotopic (exact) mass is 361 g/mol. The number of hydrogen-bond acceptors (Lipinski definition) is 4. The number of rotatable bonds is 5.